The molecule has 0 unspecified atom stereocenters. The SMILES string of the molecule is CCOC(=O)c1ccc([C@](C)(O)CC(=O)SC(C)(C)C)cc1. The van der Waals surface area contributed by atoms with Crippen LogP contribution in [0.2, 0.25) is 0 Å². The van der Waals surface area contributed by atoms with Crippen molar-refractivity contribution in [3.05, 3.63) is 35.4 Å². The molecule has 0 aliphatic heterocycles. The van der Waals surface area contributed by atoms with Gasteiger partial charge in [-0.05, 0) is 31.5 Å². The molecule has 1 aromatic rings. The maximum Gasteiger partial charge on any atom is 0.338 e. The number of ether oxygens (including phenoxy) is 1. The largest absolute Gasteiger partial charge is 0.462 e. The highest BCUT2D eigenvalue weighted by molar-refractivity contribution is 8.14. The fraction of sp³-hybridized carbons (Fsp3) is 0.529. The number of esters is 1. The first kappa shape index (κ1) is 18.7. The van der Waals surface area contributed by atoms with Gasteiger partial charge in [-0.1, -0.05) is 44.7 Å². The Bertz CT molecular complexity index is 527. The second-order valence-electron chi connectivity index (χ2n) is 6.33. The molecular formula is C17H24O4S. The third-order valence-corrected chi connectivity index (χ3v) is 3.91. The lowest BCUT2D eigenvalue weighted by Crippen LogP contribution is -2.26. The number of carbonyl (C=O) groups excluding carboxylic acids is 2. The summed E-state index contributed by atoms with van der Waals surface area (Å²) >= 11 is 1.22. The van der Waals surface area contributed by atoms with Crippen molar-refractivity contribution in [2.45, 2.75) is 51.4 Å². The second-order valence-corrected chi connectivity index (χ2v) is 8.22. The summed E-state index contributed by atoms with van der Waals surface area (Å²) < 4.78 is 4.73. The Labute approximate surface area is 136 Å². The smallest absolute Gasteiger partial charge is 0.338 e. The van der Waals surface area contributed by atoms with Gasteiger partial charge >= 0.3 is 5.97 Å². The van der Waals surface area contributed by atoms with Gasteiger partial charge < -0.3 is 9.84 Å². The summed E-state index contributed by atoms with van der Waals surface area (Å²) in [4.78, 5) is 23.6. The zero-order valence-electron chi connectivity index (χ0n) is 13.8. The summed E-state index contributed by atoms with van der Waals surface area (Å²) in [6.07, 6.45) is 0.0215. The molecule has 1 rings (SSSR count). The molecular weight excluding hydrogens is 300 g/mol. The third kappa shape index (κ3) is 5.81. The molecule has 122 valence electrons. The Morgan fingerprint density at radius 3 is 2.14 bits per heavy atom. The maximum atomic E-state index is 12.0. The Morgan fingerprint density at radius 1 is 1.14 bits per heavy atom. The van der Waals surface area contributed by atoms with Gasteiger partial charge in [0.1, 0.15) is 0 Å². The van der Waals surface area contributed by atoms with Crippen LogP contribution in [-0.2, 0) is 15.1 Å². The molecule has 0 fully saturated rings. The van der Waals surface area contributed by atoms with E-state index in [-0.39, 0.29) is 16.3 Å². The molecule has 0 aliphatic carbocycles. The molecule has 0 bridgehead atoms. The van der Waals surface area contributed by atoms with Crippen molar-refractivity contribution in [2.24, 2.45) is 0 Å². The molecule has 0 radical (unpaired) electrons. The molecule has 0 amide bonds. The van der Waals surface area contributed by atoms with Gasteiger partial charge in [0.25, 0.3) is 0 Å². The third-order valence-electron chi connectivity index (χ3n) is 2.93. The molecule has 0 saturated heterocycles. The summed E-state index contributed by atoms with van der Waals surface area (Å²) in [6, 6.07) is 6.51. The van der Waals surface area contributed by atoms with Crippen molar-refractivity contribution < 1.29 is 19.4 Å². The van der Waals surface area contributed by atoms with E-state index in [1.807, 2.05) is 20.8 Å². The highest BCUT2D eigenvalue weighted by Crippen LogP contribution is 2.32. The van der Waals surface area contributed by atoms with Gasteiger partial charge in [0.2, 0.25) is 0 Å². The van der Waals surface area contributed by atoms with Crippen molar-refractivity contribution in [1.82, 2.24) is 0 Å². The number of benzene rings is 1. The van der Waals surface area contributed by atoms with E-state index in [0.717, 1.165) is 0 Å². The van der Waals surface area contributed by atoms with E-state index in [0.29, 0.717) is 17.7 Å². The van der Waals surface area contributed by atoms with Crippen LogP contribution in [-0.4, -0.2) is 27.5 Å². The van der Waals surface area contributed by atoms with Gasteiger partial charge in [-0.3, -0.25) is 4.79 Å². The number of hydrogen-bond acceptors (Lipinski definition) is 5. The molecule has 1 atom stereocenters. The first-order chi connectivity index (χ1) is 10.0. The van der Waals surface area contributed by atoms with Crippen molar-refractivity contribution in [3.63, 3.8) is 0 Å². The molecule has 5 heteroatoms. The average Bonchev–Trinajstić information content (AvgIpc) is 2.36. The van der Waals surface area contributed by atoms with Gasteiger partial charge in [0.05, 0.1) is 17.8 Å². The number of aliphatic hydroxyl groups is 1. The van der Waals surface area contributed by atoms with Crippen LogP contribution in [0.3, 0.4) is 0 Å². The van der Waals surface area contributed by atoms with E-state index < -0.39 is 11.6 Å². The van der Waals surface area contributed by atoms with Crippen molar-refractivity contribution in [1.29, 1.82) is 0 Å². The van der Waals surface area contributed by atoms with Crippen LogP contribution in [0, 0.1) is 0 Å². The van der Waals surface area contributed by atoms with Crippen LogP contribution in [0.1, 0.15) is 57.0 Å². The minimum atomic E-state index is -1.26. The highest BCUT2D eigenvalue weighted by atomic mass is 32.2. The minimum Gasteiger partial charge on any atom is -0.462 e. The normalized spacial score (nSPS) is 14.3. The van der Waals surface area contributed by atoms with Crippen LogP contribution in [0.15, 0.2) is 24.3 Å². The summed E-state index contributed by atoms with van der Waals surface area (Å²) in [7, 11) is 0. The van der Waals surface area contributed by atoms with Gasteiger partial charge in [0.15, 0.2) is 5.12 Å². The Balaban J connectivity index is 2.81. The van der Waals surface area contributed by atoms with Crippen molar-refractivity contribution in [2.75, 3.05) is 6.61 Å². The molecule has 22 heavy (non-hydrogen) atoms. The monoisotopic (exact) mass is 324 g/mol. The number of rotatable bonds is 5. The zero-order valence-corrected chi connectivity index (χ0v) is 14.6. The van der Waals surface area contributed by atoms with Crippen LogP contribution in [0.4, 0.5) is 0 Å². The van der Waals surface area contributed by atoms with Crippen LogP contribution < -0.4 is 0 Å². The van der Waals surface area contributed by atoms with Gasteiger partial charge in [-0.25, -0.2) is 4.79 Å². The lowest BCUT2D eigenvalue weighted by Gasteiger charge is -2.25. The van der Waals surface area contributed by atoms with Gasteiger partial charge in [-0.2, -0.15) is 0 Å². The molecule has 1 N–H and O–H groups in total. The first-order valence-electron chi connectivity index (χ1n) is 7.27. The Kier molecular flexibility index (Phi) is 6.20. The fourth-order valence-electron chi connectivity index (χ4n) is 1.94. The lowest BCUT2D eigenvalue weighted by molar-refractivity contribution is -0.115. The number of thioether (sulfide) groups is 1. The number of carbonyl (C=O) groups is 2. The topological polar surface area (TPSA) is 63.6 Å². The van der Waals surface area contributed by atoms with Crippen LogP contribution in [0.5, 0.6) is 0 Å². The molecule has 0 aromatic heterocycles. The van der Waals surface area contributed by atoms with E-state index >= 15 is 0 Å². The van der Waals surface area contributed by atoms with Crippen LogP contribution in [0.25, 0.3) is 0 Å². The highest BCUT2D eigenvalue weighted by Gasteiger charge is 2.29. The quantitative estimate of drug-likeness (QED) is 0.840. The van der Waals surface area contributed by atoms with Gasteiger partial charge in [-0.15, -0.1) is 0 Å². The maximum absolute atomic E-state index is 12.0. The molecule has 0 aliphatic rings. The number of hydrogen-bond donors (Lipinski definition) is 1. The predicted octanol–water partition coefficient (Wildman–Crippen LogP) is 3.52. The molecule has 0 heterocycles. The minimum absolute atomic E-state index is 0.0215. The van der Waals surface area contributed by atoms with Gasteiger partial charge in [0, 0.05) is 11.2 Å². The zero-order chi connectivity index (χ0) is 17.0. The summed E-state index contributed by atoms with van der Waals surface area (Å²) in [5.41, 5.74) is -0.233. The first-order valence-corrected chi connectivity index (χ1v) is 8.08. The summed E-state index contributed by atoms with van der Waals surface area (Å²) in [6.45, 7) is 9.54. The summed E-state index contributed by atoms with van der Waals surface area (Å²) in [5.74, 6) is -0.395. The molecule has 4 nitrogen and oxygen atoms in total. The van der Waals surface area contributed by atoms with E-state index in [2.05, 4.69) is 0 Å². The lowest BCUT2D eigenvalue weighted by atomic mass is 9.92. The van der Waals surface area contributed by atoms with E-state index in [4.69, 9.17) is 4.74 Å². The molecule has 1 aromatic carbocycles. The summed E-state index contributed by atoms with van der Waals surface area (Å²) in [5, 5.41) is 10.5. The second kappa shape index (κ2) is 7.29. The van der Waals surface area contributed by atoms with Crippen molar-refractivity contribution >= 4 is 22.8 Å². The standard InChI is InChI=1S/C17H24O4S/c1-6-21-15(19)12-7-9-13(10-8-12)17(5,20)11-14(18)22-16(2,3)4/h7-10,20H,6,11H2,1-5H3/t17-/m1/s1. The fourth-order valence-corrected chi connectivity index (χ4v) is 2.98. The molecule has 0 saturated carbocycles. The Hall–Kier alpha value is -1.33. The van der Waals surface area contributed by atoms with E-state index in [1.165, 1.54) is 11.8 Å². The average molecular weight is 324 g/mol. The molecule has 0 spiro atoms. The predicted molar refractivity (Wildman–Crippen MR) is 88.9 cm³/mol. The van der Waals surface area contributed by atoms with E-state index in [9.17, 15) is 14.7 Å². The van der Waals surface area contributed by atoms with E-state index in [1.54, 1.807) is 38.1 Å². The Morgan fingerprint density at radius 2 is 1.68 bits per heavy atom. The van der Waals surface area contributed by atoms with Crippen LogP contribution >= 0.6 is 11.8 Å². The van der Waals surface area contributed by atoms with Crippen molar-refractivity contribution in [3.8, 4) is 0 Å².